The number of halogens is 1. The van der Waals surface area contributed by atoms with Crippen molar-refractivity contribution in [1.82, 2.24) is 14.6 Å². The van der Waals surface area contributed by atoms with E-state index in [0.717, 1.165) is 6.26 Å². The van der Waals surface area contributed by atoms with Gasteiger partial charge in [-0.1, -0.05) is 24.3 Å². The molecule has 8 heteroatoms. The number of rotatable bonds is 8. The molecule has 0 bridgehead atoms. The van der Waals surface area contributed by atoms with E-state index in [4.69, 9.17) is 0 Å². The van der Waals surface area contributed by atoms with Gasteiger partial charge in [0.05, 0.1) is 24.9 Å². The molecule has 1 amide bonds. The van der Waals surface area contributed by atoms with Gasteiger partial charge in [-0.2, -0.15) is 4.31 Å². The Hall–Kier alpha value is -2.32. The standard InChI is InChI=1S/C17H20FN3O3S/c1-25(23,24)21(13-15-7-4-5-9-19-15)11-10-20-17(22)12-14-6-2-3-8-16(14)18/h2-9H,10-13H2,1H3,(H,20,22). The Morgan fingerprint density at radius 2 is 1.92 bits per heavy atom. The Morgan fingerprint density at radius 1 is 1.20 bits per heavy atom. The molecule has 0 fully saturated rings. The number of carbonyl (C=O) groups excluding carboxylic acids is 1. The molecule has 6 nitrogen and oxygen atoms in total. The number of hydrogen-bond donors (Lipinski definition) is 1. The highest BCUT2D eigenvalue weighted by atomic mass is 32.2. The van der Waals surface area contributed by atoms with Crippen molar-refractivity contribution in [1.29, 1.82) is 0 Å². The maximum atomic E-state index is 13.5. The number of carbonyl (C=O) groups is 1. The average Bonchev–Trinajstić information content (AvgIpc) is 2.56. The summed E-state index contributed by atoms with van der Waals surface area (Å²) < 4.78 is 38.5. The van der Waals surface area contributed by atoms with Crippen molar-refractivity contribution < 1.29 is 17.6 Å². The third-order valence-electron chi connectivity index (χ3n) is 3.53. The summed E-state index contributed by atoms with van der Waals surface area (Å²) in [6, 6.07) is 11.3. The first kappa shape index (κ1) is 19.0. The summed E-state index contributed by atoms with van der Waals surface area (Å²) in [5.74, 6) is -0.804. The van der Waals surface area contributed by atoms with Crippen LogP contribution in [0.4, 0.5) is 4.39 Å². The molecule has 0 aliphatic rings. The maximum Gasteiger partial charge on any atom is 0.224 e. The minimum Gasteiger partial charge on any atom is -0.354 e. The fourth-order valence-electron chi connectivity index (χ4n) is 2.23. The van der Waals surface area contributed by atoms with Gasteiger partial charge in [0.2, 0.25) is 15.9 Å². The van der Waals surface area contributed by atoms with E-state index >= 15 is 0 Å². The highest BCUT2D eigenvalue weighted by molar-refractivity contribution is 7.88. The molecule has 0 saturated carbocycles. The largest absolute Gasteiger partial charge is 0.354 e. The van der Waals surface area contributed by atoms with E-state index in [9.17, 15) is 17.6 Å². The fourth-order valence-corrected chi connectivity index (χ4v) is 3.02. The third kappa shape index (κ3) is 6.24. The first-order chi connectivity index (χ1) is 11.9. The Bertz CT molecular complexity index is 813. The van der Waals surface area contributed by atoms with Gasteiger partial charge in [-0.3, -0.25) is 9.78 Å². The van der Waals surface area contributed by atoms with Gasteiger partial charge in [-0.25, -0.2) is 12.8 Å². The monoisotopic (exact) mass is 365 g/mol. The van der Waals surface area contributed by atoms with E-state index in [2.05, 4.69) is 10.3 Å². The summed E-state index contributed by atoms with van der Waals surface area (Å²) in [7, 11) is -3.44. The van der Waals surface area contributed by atoms with Crippen LogP contribution < -0.4 is 5.32 Å². The molecule has 1 heterocycles. The smallest absolute Gasteiger partial charge is 0.224 e. The molecule has 1 aromatic heterocycles. The van der Waals surface area contributed by atoms with Crippen LogP contribution in [0.2, 0.25) is 0 Å². The molecule has 2 aromatic rings. The lowest BCUT2D eigenvalue weighted by Crippen LogP contribution is -2.38. The highest BCUT2D eigenvalue weighted by Gasteiger charge is 2.17. The van der Waals surface area contributed by atoms with Crippen LogP contribution >= 0.6 is 0 Å². The molecule has 0 unspecified atom stereocenters. The summed E-state index contributed by atoms with van der Waals surface area (Å²) in [5.41, 5.74) is 0.916. The molecule has 0 saturated heterocycles. The number of pyridine rings is 1. The molecule has 0 spiro atoms. The molecular weight excluding hydrogens is 345 g/mol. The quantitative estimate of drug-likeness (QED) is 0.766. The number of benzene rings is 1. The second-order valence-corrected chi connectivity index (χ2v) is 7.52. The molecule has 0 aliphatic heterocycles. The zero-order chi connectivity index (χ0) is 18.3. The van der Waals surface area contributed by atoms with E-state index in [1.165, 1.54) is 10.4 Å². The van der Waals surface area contributed by atoms with E-state index in [1.807, 2.05) is 0 Å². The number of nitrogens with zero attached hydrogens (tertiary/aromatic N) is 2. The zero-order valence-corrected chi connectivity index (χ0v) is 14.7. The predicted octanol–water partition coefficient (Wildman–Crippen LogP) is 1.34. The highest BCUT2D eigenvalue weighted by Crippen LogP contribution is 2.07. The zero-order valence-electron chi connectivity index (χ0n) is 13.9. The molecule has 2 rings (SSSR count). The number of nitrogens with one attached hydrogen (secondary N) is 1. The van der Waals surface area contributed by atoms with Crippen molar-refractivity contribution in [3.05, 3.63) is 65.7 Å². The van der Waals surface area contributed by atoms with Crippen LogP contribution in [-0.2, 0) is 27.8 Å². The van der Waals surface area contributed by atoms with Gasteiger partial charge >= 0.3 is 0 Å². The number of amides is 1. The van der Waals surface area contributed by atoms with Gasteiger partial charge in [0.15, 0.2) is 0 Å². The van der Waals surface area contributed by atoms with E-state index in [1.54, 1.807) is 42.6 Å². The second-order valence-electron chi connectivity index (χ2n) is 5.54. The Morgan fingerprint density at radius 3 is 2.56 bits per heavy atom. The molecule has 0 radical (unpaired) electrons. The van der Waals surface area contributed by atoms with Crippen LogP contribution in [0.1, 0.15) is 11.3 Å². The third-order valence-corrected chi connectivity index (χ3v) is 4.78. The molecule has 1 N–H and O–H groups in total. The van der Waals surface area contributed by atoms with Crippen LogP contribution in [0.3, 0.4) is 0 Å². The average molecular weight is 365 g/mol. The van der Waals surface area contributed by atoms with Crippen LogP contribution in [0.5, 0.6) is 0 Å². The van der Waals surface area contributed by atoms with Crippen molar-refractivity contribution in [2.45, 2.75) is 13.0 Å². The van der Waals surface area contributed by atoms with Crippen molar-refractivity contribution >= 4 is 15.9 Å². The number of aromatic nitrogens is 1. The number of hydrogen-bond acceptors (Lipinski definition) is 4. The summed E-state index contributed by atoms with van der Waals surface area (Å²) >= 11 is 0. The summed E-state index contributed by atoms with van der Waals surface area (Å²) in [4.78, 5) is 16.0. The lowest BCUT2D eigenvalue weighted by molar-refractivity contribution is -0.120. The molecule has 0 aliphatic carbocycles. The molecule has 1 aromatic carbocycles. The van der Waals surface area contributed by atoms with Gasteiger partial charge in [-0.15, -0.1) is 0 Å². The summed E-state index contributed by atoms with van der Waals surface area (Å²) in [6.45, 7) is 0.370. The van der Waals surface area contributed by atoms with Crippen molar-refractivity contribution in [2.75, 3.05) is 19.3 Å². The van der Waals surface area contributed by atoms with E-state index < -0.39 is 15.8 Å². The number of sulfonamides is 1. The fraction of sp³-hybridized carbons (Fsp3) is 0.294. The first-order valence-corrected chi connectivity index (χ1v) is 9.56. The van der Waals surface area contributed by atoms with Gasteiger partial charge in [0, 0.05) is 19.3 Å². The Kier molecular flexibility index (Phi) is 6.60. The maximum absolute atomic E-state index is 13.5. The topological polar surface area (TPSA) is 79.4 Å². The summed E-state index contributed by atoms with van der Waals surface area (Å²) in [5, 5.41) is 2.61. The van der Waals surface area contributed by atoms with Crippen LogP contribution in [0, 0.1) is 5.82 Å². The Labute approximate surface area is 146 Å². The van der Waals surface area contributed by atoms with Crippen molar-refractivity contribution in [3.8, 4) is 0 Å². The van der Waals surface area contributed by atoms with E-state index in [0.29, 0.717) is 11.3 Å². The predicted molar refractivity (Wildman–Crippen MR) is 92.6 cm³/mol. The van der Waals surface area contributed by atoms with Gasteiger partial charge < -0.3 is 5.32 Å². The molecular formula is C17H20FN3O3S. The first-order valence-electron chi connectivity index (χ1n) is 7.71. The normalized spacial score (nSPS) is 11.5. The second kappa shape index (κ2) is 8.68. The van der Waals surface area contributed by atoms with Gasteiger partial charge in [-0.05, 0) is 23.8 Å². The van der Waals surface area contributed by atoms with Gasteiger partial charge in [0.1, 0.15) is 5.82 Å². The Balaban J connectivity index is 1.88. The lowest BCUT2D eigenvalue weighted by Gasteiger charge is -2.19. The molecule has 25 heavy (non-hydrogen) atoms. The lowest BCUT2D eigenvalue weighted by atomic mass is 10.1. The summed E-state index contributed by atoms with van der Waals surface area (Å²) in [6.07, 6.45) is 2.61. The van der Waals surface area contributed by atoms with E-state index in [-0.39, 0.29) is 32.0 Å². The van der Waals surface area contributed by atoms with Crippen LogP contribution in [0.25, 0.3) is 0 Å². The van der Waals surface area contributed by atoms with Crippen LogP contribution in [0.15, 0.2) is 48.7 Å². The van der Waals surface area contributed by atoms with Crippen LogP contribution in [-0.4, -0.2) is 43.0 Å². The van der Waals surface area contributed by atoms with Crippen molar-refractivity contribution in [3.63, 3.8) is 0 Å². The van der Waals surface area contributed by atoms with Crippen molar-refractivity contribution in [2.24, 2.45) is 0 Å². The molecule has 0 atom stereocenters. The minimum atomic E-state index is -3.44. The SMILES string of the molecule is CS(=O)(=O)N(CCNC(=O)Cc1ccccc1F)Cc1ccccn1. The minimum absolute atomic E-state index is 0.0915. The molecule has 134 valence electrons. The van der Waals surface area contributed by atoms with Gasteiger partial charge in [0.25, 0.3) is 0 Å².